The van der Waals surface area contributed by atoms with Crippen LogP contribution in [0, 0.1) is 0 Å². The van der Waals surface area contributed by atoms with Gasteiger partial charge in [0.1, 0.15) is 12.0 Å². The van der Waals surface area contributed by atoms with Gasteiger partial charge in [-0.05, 0) is 24.5 Å². The monoisotopic (exact) mass is 320 g/mol. The average molecular weight is 320 g/mol. The Labute approximate surface area is 141 Å². The summed E-state index contributed by atoms with van der Waals surface area (Å²) in [5.41, 5.74) is 8.47. The van der Waals surface area contributed by atoms with Crippen LogP contribution in [0.3, 0.4) is 0 Å². The van der Waals surface area contributed by atoms with Crippen LogP contribution in [0.25, 0.3) is 5.82 Å². The molecule has 6 heteroatoms. The zero-order chi connectivity index (χ0) is 16.6. The minimum atomic E-state index is 0.208. The Balaban J connectivity index is 1.62. The summed E-state index contributed by atoms with van der Waals surface area (Å²) >= 11 is 0. The van der Waals surface area contributed by atoms with Crippen molar-refractivity contribution in [2.24, 2.45) is 0 Å². The van der Waals surface area contributed by atoms with Crippen LogP contribution in [0.4, 0.5) is 11.5 Å². The number of nitrogens with two attached hydrogens (primary N) is 1. The van der Waals surface area contributed by atoms with Gasteiger partial charge < -0.3 is 10.6 Å². The molecule has 122 valence electrons. The van der Waals surface area contributed by atoms with Crippen molar-refractivity contribution in [1.29, 1.82) is 0 Å². The van der Waals surface area contributed by atoms with E-state index in [2.05, 4.69) is 50.3 Å². The Bertz CT molecular complexity index is 824. The minimum Gasteiger partial charge on any atom is -0.393 e. The van der Waals surface area contributed by atoms with Crippen molar-refractivity contribution in [2.45, 2.75) is 18.3 Å². The van der Waals surface area contributed by atoms with Crippen molar-refractivity contribution in [3.63, 3.8) is 0 Å². The van der Waals surface area contributed by atoms with Gasteiger partial charge in [-0.25, -0.2) is 14.6 Å². The summed E-state index contributed by atoms with van der Waals surface area (Å²) in [4.78, 5) is 10.8. The summed E-state index contributed by atoms with van der Waals surface area (Å²) in [6.07, 6.45) is 7.46. The number of rotatable bonds is 5. The molecule has 0 atom stereocenters. The molecule has 0 spiro atoms. The largest absolute Gasteiger partial charge is 0.393 e. The van der Waals surface area contributed by atoms with Crippen molar-refractivity contribution < 1.29 is 0 Å². The fourth-order valence-corrected chi connectivity index (χ4v) is 3.27. The lowest BCUT2D eigenvalue weighted by Crippen LogP contribution is -2.30. The van der Waals surface area contributed by atoms with E-state index in [0.717, 1.165) is 12.4 Å². The molecule has 1 aliphatic rings. The SMILES string of the molecule is CN(CC1(c2ccccc2)CC1)c1ncnc(-n2cccn2)c1N. The summed E-state index contributed by atoms with van der Waals surface area (Å²) in [6, 6.07) is 12.5. The molecule has 0 saturated heterocycles. The van der Waals surface area contributed by atoms with Gasteiger partial charge in [0.2, 0.25) is 0 Å². The van der Waals surface area contributed by atoms with Crippen LogP contribution in [0.5, 0.6) is 0 Å². The average Bonchev–Trinajstić information content (AvgIpc) is 3.18. The molecule has 24 heavy (non-hydrogen) atoms. The number of hydrogen-bond donors (Lipinski definition) is 1. The second-order valence-corrected chi connectivity index (χ2v) is 6.39. The van der Waals surface area contributed by atoms with E-state index in [4.69, 9.17) is 5.73 Å². The van der Waals surface area contributed by atoms with Crippen LogP contribution < -0.4 is 10.6 Å². The number of aromatic nitrogens is 4. The van der Waals surface area contributed by atoms with E-state index in [9.17, 15) is 0 Å². The number of nitrogens with zero attached hydrogens (tertiary/aromatic N) is 5. The topological polar surface area (TPSA) is 72.9 Å². The van der Waals surface area contributed by atoms with Gasteiger partial charge in [0, 0.05) is 31.4 Å². The van der Waals surface area contributed by atoms with Gasteiger partial charge in [-0.3, -0.25) is 0 Å². The number of benzene rings is 1. The van der Waals surface area contributed by atoms with Crippen molar-refractivity contribution in [3.8, 4) is 5.82 Å². The van der Waals surface area contributed by atoms with Crippen molar-refractivity contribution in [2.75, 3.05) is 24.2 Å². The number of nitrogen functional groups attached to an aromatic ring is 1. The highest BCUT2D eigenvalue weighted by Gasteiger charge is 2.45. The second kappa shape index (κ2) is 5.63. The lowest BCUT2D eigenvalue weighted by Gasteiger charge is -2.26. The van der Waals surface area contributed by atoms with Gasteiger partial charge in [-0.2, -0.15) is 5.10 Å². The van der Waals surface area contributed by atoms with Gasteiger partial charge in [-0.15, -0.1) is 0 Å². The first-order valence-electron chi connectivity index (χ1n) is 8.07. The smallest absolute Gasteiger partial charge is 0.181 e. The zero-order valence-corrected chi connectivity index (χ0v) is 13.6. The normalized spacial score (nSPS) is 15.2. The molecule has 0 bridgehead atoms. The molecule has 4 rings (SSSR count). The Hall–Kier alpha value is -2.89. The number of anilines is 2. The summed E-state index contributed by atoms with van der Waals surface area (Å²) < 4.78 is 1.67. The molecular formula is C18H20N6. The third-order valence-electron chi connectivity index (χ3n) is 4.70. The van der Waals surface area contributed by atoms with Gasteiger partial charge in [0.15, 0.2) is 11.6 Å². The number of hydrogen-bond acceptors (Lipinski definition) is 5. The minimum absolute atomic E-state index is 0.208. The van der Waals surface area contributed by atoms with Gasteiger partial charge >= 0.3 is 0 Å². The fourth-order valence-electron chi connectivity index (χ4n) is 3.27. The van der Waals surface area contributed by atoms with E-state index >= 15 is 0 Å². The molecule has 0 radical (unpaired) electrons. The molecule has 1 fully saturated rings. The van der Waals surface area contributed by atoms with Crippen molar-refractivity contribution in [3.05, 3.63) is 60.7 Å². The predicted octanol–water partition coefficient (Wildman–Crippen LogP) is 2.41. The van der Waals surface area contributed by atoms with Gasteiger partial charge in [0.25, 0.3) is 0 Å². The van der Waals surface area contributed by atoms with Crippen molar-refractivity contribution in [1.82, 2.24) is 19.7 Å². The predicted molar refractivity (Wildman–Crippen MR) is 94.2 cm³/mol. The van der Waals surface area contributed by atoms with E-state index in [-0.39, 0.29) is 5.41 Å². The standard InChI is InChI=1S/C18H20N6/c1-23(12-18(8-9-18)14-6-3-2-4-7-14)16-15(19)17(21-13-20-16)24-11-5-10-22-24/h2-7,10-11,13H,8-9,12,19H2,1H3. The Morgan fingerprint density at radius 3 is 2.62 bits per heavy atom. The summed E-state index contributed by atoms with van der Waals surface area (Å²) in [5.74, 6) is 1.36. The van der Waals surface area contributed by atoms with Crippen LogP contribution in [0.1, 0.15) is 18.4 Å². The van der Waals surface area contributed by atoms with Gasteiger partial charge in [0.05, 0.1) is 0 Å². The fraction of sp³-hybridized carbons (Fsp3) is 0.278. The highest BCUT2D eigenvalue weighted by Crippen LogP contribution is 2.49. The molecule has 1 aromatic carbocycles. The van der Waals surface area contributed by atoms with Crippen LogP contribution >= 0.6 is 0 Å². The summed E-state index contributed by atoms with van der Waals surface area (Å²) in [7, 11) is 2.04. The van der Waals surface area contributed by atoms with E-state index in [1.54, 1.807) is 17.2 Å². The van der Waals surface area contributed by atoms with Crippen molar-refractivity contribution >= 4 is 11.5 Å². The molecule has 1 aliphatic carbocycles. The Morgan fingerprint density at radius 2 is 1.96 bits per heavy atom. The van der Waals surface area contributed by atoms with Gasteiger partial charge in [-0.1, -0.05) is 30.3 Å². The maximum atomic E-state index is 6.33. The van der Waals surface area contributed by atoms with Crippen LogP contribution in [0.2, 0.25) is 0 Å². The quantitative estimate of drug-likeness (QED) is 0.781. The number of likely N-dealkylation sites (N-methyl/N-ethyl adjacent to an activating group) is 1. The first-order valence-corrected chi connectivity index (χ1v) is 8.07. The Kier molecular flexibility index (Phi) is 3.45. The van der Waals surface area contributed by atoms with E-state index < -0.39 is 0 Å². The maximum Gasteiger partial charge on any atom is 0.181 e. The summed E-state index contributed by atoms with van der Waals surface area (Å²) in [5, 5.41) is 4.21. The lowest BCUT2D eigenvalue weighted by atomic mass is 9.95. The molecule has 1 saturated carbocycles. The second-order valence-electron chi connectivity index (χ2n) is 6.39. The first-order chi connectivity index (χ1) is 11.7. The zero-order valence-electron chi connectivity index (χ0n) is 13.6. The molecule has 6 nitrogen and oxygen atoms in total. The third-order valence-corrected chi connectivity index (χ3v) is 4.70. The van der Waals surface area contributed by atoms with Crippen LogP contribution in [0.15, 0.2) is 55.1 Å². The molecule has 0 amide bonds. The molecular weight excluding hydrogens is 300 g/mol. The maximum absolute atomic E-state index is 6.33. The molecule has 0 unspecified atom stereocenters. The highest BCUT2D eigenvalue weighted by atomic mass is 15.3. The molecule has 2 aromatic heterocycles. The molecule has 2 N–H and O–H groups in total. The Morgan fingerprint density at radius 1 is 1.17 bits per heavy atom. The summed E-state index contributed by atoms with van der Waals surface area (Å²) in [6.45, 7) is 0.886. The lowest BCUT2D eigenvalue weighted by molar-refractivity contribution is 0.668. The molecule has 3 aromatic rings. The third kappa shape index (κ3) is 2.50. The molecule has 0 aliphatic heterocycles. The van der Waals surface area contributed by atoms with Crippen LogP contribution in [-0.4, -0.2) is 33.3 Å². The highest BCUT2D eigenvalue weighted by molar-refractivity contribution is 5.70. The molecule has 2 heterocycles. The first kappa shape index (κ1) is 14.7. The van der Waals surface area contributed by atoms with Crippen LogP contribution in [-0.2, 0) is 5.41 Å². The van der Waals surface area contributed by atoms with E-state index in [1.807, 2.05) is 19.3 Å². The van der Waals surface area contributed by atoms with E-state index in [0.29, 0.717) is 11.5 Å². The van der Waals surface area contributed by atoms with E-state index in [1.165, 1.54) is 18.4 Å².